The molecule has 0 aromatic rings. The highest BCUT2D eigenvalue weighted by Gasteiger charge is 2.23. The van der Waals surface area contributed by atoms with Gasteiger partial charge >= 0.3 is 0 Å². The first-order valence-electron chi connectivity index (χ1n) is 4.54. The predicted octanol–water partition coefficient (Wildman–Crippen LogP) is 2.64. The van der Waals surface area contributed by atoms with E-state index in [9.17, 15) is 0 Å². The fourth-order valence-electron chi connectivity index (χ4n) is 1.68. The second-order valence-electron chi connectivity index (χ2n) is 3.05. The van der Waals surface area contributed by atoms with Crippen molar-refractivity contribution in [2.24, 2.45) is 5.11 Å². The molecular weight excluding hydrogens is 154 g/mol. The summed E-state index contributed by atoms with van der Waals surface area (Å²) in [6.07, 6.45) is 4.54. The van der Waals surface area contributed by atoms with Crippen LogP contribution in [0.3, 0.4) is 0 Å². The van der Waals surface area contributed by atoms with Crippen molar-refractivity contribution in [1.29, 1.82) is 0 Å². The Kier molecular flexibility index (Phi) is 3.91. The molecule has 4 nitrogen and oxygen atoms in total. The summed E-state index contributed by atoms with van der Waals surface area (Å²) in [5, 5.41) is 3.74. The van der Waals surface area contributed by atoms with E-state index in [0.717, 1.165) is 19.3 Å². The first-order chi connectivity index (χ1) is 5.88. The Morgan fingerprint density at radius 3 is 2.92 bits per heavy atom. The lowest BCUT2D eigenvalue weighted by Gasteiger charge is -2.27. The van der Waals surface area contributed by atoms with E-state index in [0.29, 0.717) is 6.61 Å². The molecule has 2 atom stereocenters. The van der Waals surface area contributed by atoms with Gasteiger partial charge in [0.05, 0.1) is 12.1 Å². The zero-order valence-corrected chi connectivity index (χ0v) is 7.44. The smallest absolute Gasteiger partial charge is 0.0659 e. The van der Waals surface area contributed by atoms with Crippen LogP contribution in [0.5, 0.6) is 0 Å². The predicted molar refractivity (Wildman–Crippen MR) is 46.8 cm³/mol. The molecule has 0 radical (unpaired) electrons. The Labute approximate surface area is 72.5 Å². The molecule has 0 saturated heterocycles. The Bertz CT molecular complexity index is 175. The SMILES string of the molecule is CCO[C@@H]1CCCC[C@@H]1N=[N+]=[N-]. The van der Waals surface area contributed by atoms with E-state index in [2.05, 4.69) is 10.0 Å². The molecule has 1 fully saturated rings. The van der Waals surface area contributed by atoms with Gasteiger partial charge in [-0.2, -0.15) is 0 Å². The quantitative estimate of drug-likeness (QED) is 0.364. The van der Waals surface area contributed by atoms with Crippen molar-refractivity contribution >= 4 is 0 Å². The minimum absolute atomic E-state index is 0.0729. The third kappa shape index (κ3) is 2.40. The average Bonchev–Trinajstić information content (AvgIpc) is 2.09. The summed E-state index contributed by atoms with van der Waals surface area (Å²) in [4.78, 5) is 2.84. The molecule has 0 unspecified atom stereocenters. The van der Waals surface area contributed by atoms with Crippen LogP contribution in [0.25, 0.3) is 10.4 Å². The summed E-state index contributed by atoms with van der Waals surface area (Å²) in [7, 11) is 0. The topological polar surface area (TPSA) is 58.0 Å². The molecule has 0 aromatic carbocycles. The van der Waals surface area contributed by atoms with Crippen LogP contribution in [-0.4, -0.2) is 18.8 Å². The summed E-state index contributed by atoms with van der Waals surface area (Å²) in [6, 6.07) is 0.0729. The van der Waals surface area contributed by atoms with Crippen molar-refractivity contribution in [2.45, 2.75) is 44.8 Å². The van der Waals surface area contributed by atoms with Gasteiger partial charge in [0.2, 0.25) is 0 Å². The maximum Gasteiger partial charge on any atom is 0.0659 e. The second-order valence-corrected chi connectivity index (χ2v) is 3.05. The Balaban J connectivity index is 2.47. The van der Waals surface area contributed by atoms with Crippen LogP contribution >= 0.6 is 0 Å². The molecule has 1 rings (SSSR count). The lowest BCUT2D eigenvalue weighted by atomic mass is 9.93. The van der Waals surface area contributed by atoms with E-state index in [4.69, 9.17) is 10.3 Å². The number of hydrogen-bond donors (Lipinski definition) is 0. The molecule has 1 aliphatic rings. The van der Waals surface area contributed by atoms with Crippen LogP contribution in [0.15, 0.2) is 5.11 Å². The summed E-state index contributed by atoms with van der Waals surface area (Å²) >= 11 is 0. The van der Waals surface area contributed by atoms with Gasteiger partial charge in [0, 0.05) is 11.5 Å². The monoisotopic (exact) mass is 169 g/mol. The first kappa shape index (κ1) is 9.36. The third-order valence-electron chi connectivity index (χ3n) is 2.25. The molecule has 1 saturated carbocycles. The maximum atomic E-state index is 8.31. The van der Waals surface area contributed by atoms with E-state index < -0.39 is 0 Å². The van der Waals surface area contributed by atoms with Gasteiger partial charge in [-0.15, -0.1) is 0 Å². The average molecular weight is 169 g/mol. The van der Waals surface area contributed by atoms with Crippen LogP contribution in [0.1, 0.15) is 32.6 Å². The van der Waals surface area contributed by atoms with Gasteiger partial charge in [-0.25, -0.2) is 0 Å². The van der Waals surface area contributed by atoms with Crippen LogP contribution in [-0.2, 0) is 4.74 Å². The number of hydrogen-bond acceptors (Lipinski definition) is 2. The first-order valence-corrected chi connectivity index (χ1v) is 4.54. The highest BCUT2D eigenvalue weighted by molar-refractivity contribution is 4.81. The molecule has 0 aromatic heterocycles. The van der Waals surface area contributed by atoms with Crippen LogP contribution in [0, 0.1) is 0 Å². The van der Waals surface area contributed by atoms with Gasteiger partial charge in [-0.3, -0.25) is 0 Å². The molecule has 0 amide bonds. The molecule has 1 aliphatic carbocycles. The zero-order valence-electron chi connectivity index (χ0n) is 7.44. The fourth-order valence-corrected chi connectivity index (χ4v) is 1.68. The lowest BCUT2D eigenvalue weighted by molar-refractivity contribution is 0.0230. The highest BCUT2D eigenvalue weighted by atomic mass is 16.5. The van der Waals surface area contributed by atoms with Crippen molar-refractivity contribution in [3.05, 3.63) is 10.4 Å². The molecular formula is C8H15N3O. The highest BCUT2D eigenvalue weighted by Crippen LogP contribution is 2.23. The van der Waals surface area contributed by atoms with E-state index in [-0.39, 0.29) is 12.1 Å². The standard InChI is InChI=1S/C8H15N3O/c1-2-12-8-6-4-3-5-7(8)10-11-9/h7-8H,2-6H2,1H3/t7-,8+/m0/s1. The fraction of sp³-hybridized carbons (Fsp3) is 1.00. The molecule has 0 spiro atoms. The van der Waals surface area contributed by atoms with Gasteiger partial charge < -0.3 is 4.74 Å². The van der Waals surface area contributed by atoms with Crippen molar-refractivity contribution in [2.75, 3.05) is 6.61 Å². The van der Waals surface area contributed by atoms with Gasteiger partial charge in [0.25, 0.3) is 0 Å². The third-order valence-corrected chi connectivity index (χ3v) is 2.25. The second kappa shape index (κ2) is 5.01. The van der Waals surface area contributed by atoms with Gasteiger partial charge in [0.1, 0.15) is 0 Å². The van der Waals surface area contributed by atoms with E-state index >= 15 is 0 Å². The molecule has 0 heterocycles. The van der Waals surface area contributed by atoms with Gasteiger partial charge in [-0.05, 0) is 25.3 Å². The van der Waals surface area contributed by atoms with Crippen molar-refractivity contribution < 1.29 is 4.74 Å². The van der Waals surface area contributed by atoms with Crippen molar-refractivity contribution in [3.8, 4) is 0 Å². The molecule has 4 heteroatoms. The molecule has 0 N–H and O–H groups in total. The van der Waals surface area contributed by atoms with Gasteiger partial charge in [0.15, 0.2) is 0 Å². The van der Waals surface area contributed by atoms with E-state index in [1.54, 1.807) is 0 Å². The molecule has 0 aliphatic heterocycles. The Hall–Kier alpha value is -0.730. The van der Waals surface area contributed by atoms with Crippen LogP contribution in [0.2, 0.25) is 0 Å². The van der Waals surface area contributed by atoms with Crippen LogP contribution in [0.4, 0.5) is 0 Å². The van der Waals surface area contributed by atoms with E-state index in [1.165, 1.54) is 6.42 Å². The minimum Gasteiger partial charge on any atom is -0.378 e. The summed E-state index contributed by atoms with van der Waals surface area (Å²) < 4.78 is 5.48. The summed E-state index contributed by atoms with van der Waals surface area (Å²) in [6.45, 7) is 2.68. The Morgan fingerprint density at radius 2 is 2.25 bits per heavy atom. The summed E-state index contributed by atoms with van der Waals surface area (Å²) in [5.41, 5.74) is 8.31. The maximum absolute atomic E-state index is 8.31. The zero-order chi connectivity index (χ0) is 8.81. The normalized spacial score (nSPS) is 29.4. The lowest BCUT2D eigenvalue weighted by Crippen LogP contribution is -2.30. The largest absolute Gasteiger partial charge is 0.378 e. The molecule has 12 heavy (non-hydrogen) atoms. The van der Waals surface area contributed by atoms with Crippen LogP contribution < -0.4 is 0 Å². The number of rotatable bonds is 3. The number of azide groups is 1. The number of ether oxygens (including phenoxy) is 1. The van der Waals surface area contributed by atoms with E-state index in [1.807, 2.05) is 6.92 Å². The molecule has 0 bridgehead atoms. The number of nitrogens with zero attached hydrogens (tertiary/aromatic N) is 3. The van der Waals surface area contributed by atoms with Crippen molar-refractivity contribution in [3.63, 3.8) is 0 Å². The summed E-state index contributed by atoms with van der Waals surface area (Å²) in [5.74, 6) is 0. The van der Waals surface area contributed by atoms with Crippen molar-refractivity contribution in [1.82, 2.24) is 0 Å². The molecule has 68 valence electrons. The van der Waals surface area contributed by atoms with Gasteiger partial charge in [-0.1, -0.05) is 18.0 Å². The Morgan fingerprint density at radius 1 is 1.50 bits per heavy atom. The minimum atomic E-state index is 0.0729.